The fourth-order valence-corrected chi connectivity index (χ4v) is 2.47. The summed E-state index contributed by atoms with van der Waals surface area (Å²) in [6.45, 7) is 1.89. The predicted molar refractivity (Wildman–Crippen MR) is 96.3 cm³/mol. The lowest BCUT2D eigenvalue weighted by Crippen LogP contribution is -2.30. The molecule has 0 radical (unpaired) electrons. The number of ether oxygens (including phenoxy) is 1. The smallest absolute Gasteiger partial charge is 0.340 e. The van der Waals surface area contributed by atoms with Gasteiger partial charge >= 0.3 is 5.97 Å². The number of nitro benzene ring substituents is 1. The van der Waals surface area contributed by atoms with Crippen LogP contribution in [-0.2, 0) is 16.0 Å². The Kier molecular flexibility index (Phi) is 6.68. The minimum absolute atomic E-state index is 0.0144. The molecule has 1 N–H and O–H groups in total. The minimum Gasteiger partial charge on any atom is -0.452 e. The number of carbonyl (C=O) groups is 2. The lowest BCUT2D eigenvalue weighted by Gasteiger charge is -2.08. The van der Waals surface area contributed by atoms with Crippen LogP contribution in [0.15, 0.2) is 42.5 Å². The van der Waals surface area contributed by atoms with E-state index in [1.165, 1.54) is 12.1 Å². The molecular weight excluding hydrogens is 360 g/mol. The van der Waals surface area contributed by atoms with E-state index in [-0.39, 0.29) is 16.3 Å². The van der Waals surface area contributed by atoms with Crippen LogP contribution in [0.3, 0.4) is 0 Å². The number of nitrogens with zero attached hydrogens (tertiary/aromatic N) is 1. The molecule has 0 bridgehead atoms. The summed E-state index contributed by atoms with van der Waals surface area (Å²) in [5.41, 5.74) is 1.80. The molecule has 7 nitrogen and oxygen atoms in total. The predicted octanol–water partition coefficient (Wildman–Crippen LogP) is 3.07. The Morgan fingerprint density at radius 2 is 1.96 bits per heavy atom. The molecule has 0 aliphatic heterocycles. The Bertz CT molecular complexity index is 838. The van der Waals surface area contributed by atoms with Gasteiger partial charge in [-0.1, -0.05) is 35.9 Å². The van der Waals surface area contributed by atoms with Gasteiger partial charge in [-0.05, 0) is 30.5 Å². The van der Waals surface area contributed by atoms with Crippen molar-refractivity contribution in [2.45, 2.75) is 13.3 Å². The largest absolute Gasteiger partial charge is 0.452 e. The van der Waals surface area contributed by atoms with Crippen molar-refractivity contribution in [3.63, 3.8) is 0 Å². The zero-order valence-electron chi connectivity index (χ0n) is 14.0. The topological polar surface area (TPSA) is 98.5 Å². The third-order valence-electron chi connectivity index (χ3n) is 3.69. The molecule has 2 rings (SSSR count). The first-order valence-corrected chi connectivity index (χ1v) is 8.18. The van der Waals surface area contributed by atoms with E-state index in [0.717, 1.165) is 17.2 Å². The fourth-order valence-electron chi connectivity index (χ4n) is 2.27. The standard InChI is InChI=1S/C18H17ClN2O5/c1-12-4-2-3-5-13(12)8-9-20-17(22)11-26-18(23)15-10-14(21(24)25)6-7-16(15)19/h2-7,10H,8-9,11H2,1H3,(H,20,22). The summed E-state index contributed by atoms with van der Waals surface area (Å²) in [6.07, 6.45) is 0.656. The van der Waals surface area contributed by atoms with Gasteiger partial charge in [-0.3, -0.25) is 14.9 Å². The first-order valence-electron chi connectivity index (χ1n) is 7.80. The molecule has 2 aromatic carbocycles. The number of nitrogens with one attached hydrogen (secondary N) is 1. The maximum Gasteiger partial charge on any atom is 0.340 e. The van der Waals surface area contributed by atoms with Crippen molar-refractivity contribution in [3.8, 4) is 0 Å². The van der Waals surface area contributed by atoms with Gasteiger partial charge in [0.1, 0.15) is 0 Å². The molecule has 0 aliphatic rings. The molecule has 0 atom stereocenters. The summed E-state index contributed by atoms with van der Waals surface area (Å²) < 4.78 is 4.87. The maximum atomic E-state index is 12.0. The van der Waals surface area contributed by atoms with Gasteiger partial charge < -0.3 is 10.1 Å². The Hall–Kier alpha value is -2.93. The zero-order valence-corrected chi connectivity index (χ0v) is 14.8. The number of hydrogen-bond donors (Lipinski definition) is 1. The first-order chi connectivity index (χ1) is 12.4. The van der Waals surface area contributed by atoms with Gasteiger partial charge in [0.2, 0.25) is 0 Å². The van der Waals surface area contributed by atoms with Crippen molar-refractivity contribution < 1.29 is 19.2 Å². The number of hydrogen-bond acceptors (Lipinski definition) is 5. The Morgan fingerprint density at radius 1 is 1.23 bits per heavy atom. The van der Waals surface area contributed by atoms with E-state index >= 15 is 0 Å². The van der Waals surface area contributed by atoms with Crippen molar-refractivity contribution >= 4 is 29.2 Å². The molecular formula is C18H17ClN2O5. The Labute approximate surface area is 155 Å². The van der Waals surface area contributed by atoms with Gasteiger partial charge in [0.15, 0.2) is 6.61 Å². The van der Waals surface area contributed by atoms with Gasteiger partial charge in [0, 0.05) is 18.7 Å². The molecule has 0 unspecified atom stereocenters. The summed E-state index contributed by atoms with van der Waals surface area (Å²) in [6, 6.07) is 11.3. The molecule has 0 aliphatic carbocycles. The Morgan fingerprint density at radius 3 is 2.65 bits per heavy atom. The van der Waals surface area contributed by atoms with E-state index in [1.54, 1.807) is 0 Å². The highest BCUT2D eigenvalue weighted by atomic mass is 35.5. The number of halogens is 1. The quantitative estimate of drug-likeness (QED) is 0.455. The van der Waals surface area contributed by atoms with Crippen LogP contribution >= 0.6 is 11.6 Å². The second-order valence-corrected chi connectivity index (χ2v) is 5.93. The molecule has 0 spiro atoms. The van der Waals surface area contributed by atoms with E-state index in [9.17, 15) is 19.7 Å². The van der Waals surface area contributed by atoms with Gasteiger partial charge in [0.25, 0.3) is 11.6 Å². The highest BCUT2D eigenvalue weighted by Gasteiger charge is 2.18. The van der Waals surface area contributed by atoms with E-state index < -0.39 is 23.4 Å². The van der Waals surface area contributed by atoms with E-state index in [1.807, 2.05) is 31.2 Å². The number of aryl methyl sites for hydroxylation is 1. The third kappa shape index (κ3) is 5.29. The lowest BCUT2D eigenvalue weighted by atomic mass is 10.1. The average molecular weight is 377 g/mol. The molecule has 0 fully saturated rings. The van der Waals surface area contributed by atoms with E-state index in [0.29, 0.717) is 13.0 Å². The van der Waals surface area contributed by atoms with E-state index in [2.05, 4.69) is 5.32 Å². The molecule has 0 aromatic heterocycles. The van der Waals surface area contributed by atoms with Gasteiger partial charge in [-0.15, -0.1) is 0 Å². The minimum atomic E-state index is -0.896. The highest BCUT2D eigenvalue weighted by Crippen LogP contribution is 2.22. The number of non-ortho nitro benzene ring substituents is 1. The second kappa shape index (κ2) is 8.96. The molecule has 2 aromatic rings. The second-order valence-electron chi connectivity index (χ2n) is 5.52. The van der Waals surface area contributed by atoms with Crippen LogP contribution in [0.2, 0.25) is 5.02 Å². The van der Waals surface area contributed by atoms with Gasteiger partial charge in [-0.2, -0.15) is 0 Å². The molecule has 26 heavy (non-hydrogen) atoms. The molecule has 136 valence electrons. The summed E-state index contributed by atoms with van der Waals surface area (Å²) in [5.74, 6) is -1.36. The molecule has 0 heterocycles. The molecule has 0 saturated heterocycles. The van der Waals surface area contributed by atoms with Crippen LogP contribution < -0.4 is 5.32 Å². The summed E-state index contributed by atoms with van der Waals surface area (Å²) in [7, 11) is 0. The maximum absolute atomic E-state index is 12.0. The van der Waals surface area contributed by atoms with Crippen molar-refractivity contribution in [2.75, 3.05) is 13.2 Å². The van der Waals surface area contributed by atoms with Gasteiger partial charge in [-0.25, -0.2) is 4.79 Å². The van der Waals surface area contributed by atoms with Crippen molar-refractivity contribution in [3.05, 3.63) is 74.3 Å². The first kappa shape index (κ1) is 19.4. The van der Waals surface area contributed by atoms with Crippen LogP contribution in [-0.4, -0.2) is 30.0 Å². The summed E-state index contributed by atoms with van der Waals surface area (Å²) in [5, 5.41) is 13.4. The van der Waals surface area contributed by atoms with Crippen LogP contribution in [0.25, 0.3) is 0 Å². The van der Waals surface area contributed by atoms with Crippen LogP contribution in [0.5, 0.6) is 0 Å². The number of esters is 1. The lowest BCUT2D eigenvalue weighted by molar-refractivity contribution is -0.384. The molecule has 0 saturated carbocycles. The van der Waals surface area contributed by atoms with Crippen LogP contribution in [0.4, 0.5) is 5.69 Å². The average Bonchev–Trinajstić information content (AvgIpc) is 2.61. The number of carbonyl (C=O) groups excluding carboxylic acids is 2. The summed E-state index contributed by atoms with van der Waals surface area (Å²) >= 11 is 5.85. The number of nitro groups is 1. The number of benzene rings is 2. The molecule has 1 amide bonds. The SMILES string of the molecule is Cc1ccccc1CCNC(=O)COC(=O)c1cc([N+](=O)[O-])ccc1Cl. The fraction of sp³-hybridized carbons (Fsp3) is 0.222. The number of rotatable bonds is 7. The van der Waals surface area contributed by atoms with Crippen molar-refractivity contribution in [1.29, 1.82) is 0 Å². The van der Waals surface area contributed by atoms with Crippen LogP contribution in [0.1, 0.15) is 21.5 Å². The number of amides is 1. The van der Waals surface area contributed by atoms with E-state index in [4.69, 9.17) is 16.3 Å². The Balaban J connectivity index is 1.83. The normalized spacial score (nSPS) is 10.2. The van der Waals surface area contributed by atoms with Crippen molar-refractivity contribution in [2.24, 2.45) is 0 Å². The summed E-state index contributed by atoms with van der Waals surface area (Å²) in [4.78, 5) is 33.9. The highest BCUT2D eigenvalue weighted by molar-refractivity contribution is 6.33. The monoisotopic (exact) mass is 376 g/mol. The van der Waals surface area contributed by atoms with Crippen molar-refractivity contribution in [1.82, 2.24) is 5.32 Å². The third-order valence-corrected chi connectivity index (χ3v) is 4.02. The van der Waals surface area contributed by atoms with Crippen LogP contribution in [0, 0.1) is 17.0 Å². The van der Waals surface area contributed by atoms with Gasteiger partial charge in [0.05, 0.1) is 15.5 Å². The zero-order chi connectivity index (χ0) is 19.1. The molecule has 8 heteroatoms.